The second-order valence-corrected chi connectivity index (χ2v) is 10.6. The van der Waals surface area contributed by atoms with Gasteiger partial charge in [-0.25, -0.2) is 9.37 Å². The van der Waals surface area contributed by atoms with E-state index in [4.69, 9.17) is 4.98 Å². The van der Waals surface area contributed by atoms with Gasteiger partial charge >= 0.3 is 0 Å². The molecule has 0 N–H and O–H groups in total. The lowest BCUT2D eigenvalue weighted by atomic mass is 9.56. The summed E-state index contributed by atoms with van der Waals surface area (Å²) in [4.78, 5) is 4.89. The average Bonchev–Trinajstić information content (AvgIpc) is 3.19. The maximum absolute atomic E-state index is 14.9. The van der Waals surface area contributed by atoms with Crippen LogP contribution >= 0.6 is 0 Å². The molecular formula is C31H34FN3+2. The summed E-state index contributed by atoms with van der Waals surface area (Å²) in [6.45, 7) is 11.1. The highest BCUT2D eigenvalue weighted by Crippen LogP contribution is 2.57. The topological polar surface area (TPSA) is 20.6 Å². The Morgan fingerprint density at radius 2 is 1.94 bits per heavy atom. The van der Waals surface area contributed by atoms with Gasteiger partial charge in [0.05, 0.1) is 11.0 Å². The first-order valence-corrected chi connectivity index (χ1v) is 13.0. The van der Waals surface area contributed by atoms with E-state index in [0.29, 0.717) is 0 Å². The molecule has 4 heterocycles. The monoisotopic (exact) mass is 467 g/mol. The Bertz CT molecular complexity index is 1440. The molecule has 1 aliphatic carbocycles. The van der Waals surface area contributed by atoms with E-state index in [0.717, 1.165) is 53.9 Å². The highest BCUT2D eigenvalue weighted by molar-refractivity contribution is 5.72. The van der Waals surface area contributed by atoms with Crippen LogP contribution in [-0.4, -0.2) is 4.98 Å². The molecule has 3 aliphatic rings. The fourth-order valence-electron chi connectivity index (χ4n) is 7.56. The number of aryl methyl sites for hydroxylation is 2. The fourth-order valence-corrected chi connectivity index (χ4v) is 7.56. The van der Waals surface area contributed by atoms with Gasteiger partial charge in [-0.2, -0.15) is 9.13 Å². The van der Waals surface area contributed by atoms with Crippen molar-refractivity contribution in [3.63, 3.8) is 0 Å². The lowest BCUT2D eigenvalue weighted by molar-refractivity contribution is -0.846. The van der Waals surface area contributed by atoms with Crippen LogP contribution in [0.2, 0.25) is 0 Å². The Hall–Kier alpha value is -3.14. The molecule has 0 spiro atoms. The number of halogens is 1. The van der Waals surface area contributed by atoms with E-state index in [1.165, 1.54) is 16.8 Å². The minimum atomic E-state index is -0.351. The van der Waals surface area contributed by atoms with Crippen LogP contribution in [0.4, 0.5) is 4.39 Å². The maximum Gasteiger partial charge on any atom is 0.249 e. The molecule has 2 aliphatic heterocycles. The molecule has 35 heavy (non-hydrogen) atoms. The molecule has 0 saturated carbocycles. The van der Waals surface area contributed by atoms with Gasteiger partial charge in [0, 0.05) is 29.7 Å². The van der Waals surface area contributed by atoms with Crippen molar-refractivity contribution in [2.75, 3.05) is 0 Å². The number of allylic oxidation sites excluding steroid dienone is 4. The molecule has 1 unspecified atom stereocenters. The maximum atomic E-state index is 14.9. The standard InChI is InChI=1S/C31H34FN3/c1-6-30(5)26-18-22(32)15-16-25(26)28-21(4)33-20(3)19-35(28)31(30,7-2)29-24-13-9-8-12-23(24)27-14-10-11-17-34(27)29/h9-11,13-19,29H,6-8,12H2,1-5H3/q+2/t29-,30?,31+/m1/s1. The van der Waals surface area contributed by atoms with Crippen molar-refractivity contribution in [2.45, 2.75) is 77.3 Å². The quantitative estimate of drug-likeness (QED) is 0.419. The third-order valence-corrected chi connectivity index (χ3v) is 9.14. The Morgan fingerprint density at radius 3 is 2.71 bits per heavy atom. The van der Waals surface area contributed by atoms with E-state index in [1.807, 2.05) is 6.07 Å². The molecule has 3 atom stereocenters. The smallest absolute Gasteiger partial charge is 0.245 e. The van der Waals surface area contributed by atoms with Gasteiger partial charge in [0.25, 0.3) is 0 Å². The van der Waals surface area contributed by atoms with Gasteiger partial charge in [-0.1, -0.05) is 26.0 Å². The zero-order chi connectivity index (χ0) is 24.5. The molecule has 0 radical (unpaired) electrons. The molecule has 0 fully saturated rings. The summed E-state index contributed by atoms with van der Waals surface area (Å²) < 4.78 is 20.0. The van der Waals surface area contributed by atoms with Crippen molar-refractivity contribution in [1.82, 2.24) is 4.98 Å². The molecule has 178 valence electrons. The summed E-state index contributed by atoms with van der Waals surface area (Å²) in [6, 6.07) is 12.0. The normalized spacial score (nSPS) is 26.3. The summed E-state index contributed by atoms with van der Waals surface area (Å²) in [5.74, 6) is -0.170. The molecule has 0 saturated heterocycles. The van der Waals surface area contributed by atoms with Gasteiger partial charge < -0.3 is 0 Å². The number of nitrogens with zero attached hydrogens (tertiary/aromatic N) is 3. The average molecular weight is 468 g/mol. The van der Waals surface area contributed by atoms with Gasteiger partial charge in [0.1, 0.15) is 17.2 Å². The number of rotatable bonds is 3. The third kappa shape index (κ3) is 2.74. The highest BCUT2D eigenvalue weighted by Gasteiger charge is 2.70. The summed E-state index contributed by atoms with van der Waals surface area (Å²) >= 11 is 0. The Labute approximate surface area is 207 Å². The van der Waals surface area contributed by atoms with Gasteiger partial charge in [0.2, 0.25) is 23.0 Å². The first kappa shape index (κ1) is 22.3. The number of hydrogen-bond acceptors (Lipinski definition) is 1. The number of aromatic nitrogens is 3. The molecule has 4 heteroatoms. The molecule has 0 bridgehead atoms. The number of hydrogen-bond donors (Lipinski definition) is 0. The second kappa shape index (κ2) is 7.68. The zero-order valence-electron chi connectivity index (χ0n) is 21.4. The van der Waals surface area contributed by atoms with Gasteiger partial charge in [-0.05, 0) is 69.9 Å². The van der Waals surface area contributed by atoms with Crippen molar-refractivity contribution in [3.05, 3.63) is 95.0 Å². The molecule has 0 amide bonds. The van der Waals surface area contributed by atoms with Crippen LogP contribution in [0.5, 0.6) is 0 Å². The van der Waals surface area contributed by atoms with E-state index in [-0.39, 0.29) is 22.8 Å². The minimum Gasteiger partial charge on any atom is -0.245 e. The van der Waals surface area contributed by atoms with E-state index in [9.17, 15) is 4.39 Å². The van der Waals surface area contributed by atoms with Crippen molar-refractivity contribution in [2.24, 2.45) is 0 Å². The zero-order valence-corrected chi connectivity index (χ0v) is 21.4. The van der Waals surface area contributed by atoms with Crippen molar-refractivity contribution in [3.8, 4) is 11.3 Å². The molecule has 6 rings (SSSR count). The van der Waals surface area contributed by atoms with Crippen LogP contribution in [0.25, 0.3) is 16.8 Å². The SMILES string of the molecule is CCC1(C)c2cc(F)ccc2-c2c(C)nc(C)c[n+]2[C@@]1(CC)[C@H]1C2=C(CCC=C2)c2cccc[n+]21. The number of benzene rings is 1. The first-order valence-electron chi connectivity index (χ1n) is 13.0. The van der Waals surface area contributed by atoms with Crippen LogP contribution in [0, 0.1) is 19.7 Å². The lowest BCUT2D eigenvalue weighted by Gasteiger charge is -2.49. The summed E-state index contributed by atoms with van der Waals surface area (Å²) in [7, 11) is 0. The van der Waals surface area contributed by atoms with E-state index in [1.54, 1.807) is 12.1 Å². The number of pyridine rings is 1. The largest absolute Gasteiger partial charge is 0.249 e. The van der Waals surface area contributed by atoms with Crippen molar-refractivity contribution >= 4 is 5.57 Å². The van der Waals surface area contributed by atoms with Crippen LogP contribution in [0.3, 0.4) is 0 Å². The Morgan fingerprint density at radius 1 is 1.11 bits per heavy atom. The van der Waals surface area contributed by atoms with Crippen LogP contribution in [0.1, 0.15) is 75.1 Å². The van der Waals surface area contributed by atoms with Crippen LogP contribution in [-0.2, 0) is 11.0 Å². The summed E-state index contributed by atoms with van der Waals surface area (Å²) in [5, 5.41) is 0. The van der Waals surface area contributed by atoms with E-state index < -0.39 is 0 Å². The van der Waals surface area contributed by atoms with Gasteiger partial charge in [0.15, 0.2) is 12.4 Å². The number of fused-ring (bicyclic) bond motifs is 5. The fraction of sp³-hybridized carbons (Fsp3) is 0.387. The van der Waals surface area contributed by atoms with Gasteiger partial charge in [-0.15, -0.1) is 0 Å². The Balaban J connectivity index is 1.79. The summed E-state index contributed by atoms with van der Waals surface area (Å²) in [5.41, 5.74) is 8.86. The van der Waals surface area contributed by atoms with Crippen LogP contribution in [0.15, 0.2) is 66.5 Å². The van der Waals surface area contributed by atoms with Crippen LogP contribution < -0.4 is 9.13 Å². The molecular weight excluding hydrogens is 433 g/mol. The van der Waals surface area contributed by atoms with Crippen molar-refractivity contribution in [1.29, 1.82) is 0 Å². The molecule has 1 aromatic carbocycles. The van der Waals surface area contributed by atoms with E-state index in [2.05, 4.69) is 86.5 Å². The predicted octanol–water partition coefficient (Wildman–Crippen LogP) is 6.22. The second-order valence-electron chi connectivity index (χ2n) is 10.6. The highest BCUT2D eigenvalue weighted by atomic mass is 19.1. The van der Waals surface area contributed by atoms with Crippen molar-refractivity contribution < 1.29 is 13.5 Å². The lowest BCUT2D eigenvalue weighted by Crippen LogP contribution is -2.75. The minimum absolute atomic E-state index is 0.0987. The molecule has 3 aromatic rings. The third-order valence-electron chi connectivity index (χ3n) is 9.14. The van der Waals surface area contributed by atoms with Gasteiger partial charge in [-0.3, -0.25) is 0 Å². The van der Waals surface area contributed by atoms with E-state index >= 15 is 0 Å². The summed E-state index contributed by atoms with van der Waals surface area (Å²) in [6.07, 6.45) is 13.1. The predicted molar refractivity (Wildman–Crippen MR) is 136 cm³/mol. The Kier molecular flexibility index (Phi) is 4.90. The first-order chi connectivity index (χ1) is 16.9. The molecule has 3 nitrogen and oxygen atoms in total. The molecule has 2 aromatic heterocycles.